The van der Waals surface area contributed by atoms with Gasteiger partial charge in [-0.25, -0.2) is 0 Å². The molecule has 141 valence electrons. The van der Waals surface area contributed by atoms with E-state index in [4.69, 9.17) is 14.1 Å². The summed E-state index contributed by atoms with van der Waals surface area (Å²) >= 11 is 0. The molecule has 0 unspecified atom stereocenters. The van der Waals surface area contributed by atoms with Crippen LogP contribution in [0, 0.1) is 5.92 Å². The van der Waals surface area contributed by atoms with E-state index < -0.39 is 5.60 Å². The molecule has 1 radical (unpaired) electrons. The molecule has 0 amide bonds. The Morgan fingerprint density at radius 1 is 0.852 bits per heavy atom. The summed E-state index contributed by atoms with van der Waals surface area (Å²) in [5, 5.41) is 3.56. The lowest BCUT2D eigenvalue weighted by molar-refractivity contribution is 0.0803. The van der Waals surface area contributed by atoms with Gasteiger partial charge in [0.1, 0.15) is 17.1 Å². The fraction of sp³-hybridized carbons (Fsp3) is 0.455. The van der Waals surface area contributed by atoms with Crippen LogP contribution in [-0.4, -0.2) is 27.9 Å². The smallest absolute Gasteiger partial charge is 0.397 e. The van der Waals surface area contributed by atoms with Crippen LogP contribution < -0.4 is 14.7 Å². The summed E-state index contributed by atoms with van der Waals surface area (Å²) in [4.78, 5) is 0. The number of nitrogens with one attached hydrogen (secondary N) is 1. The quantitative estimate of drug-likeness (QED) is 0.813. The fourth-order valence-electron chi connectivity index (χ4n) is 4.67. The lowest BCUT2D eigenvalue weighted by atomic mass is 9.71. The lowest BCUT2D eigenvalue weighted by Gasteiger charge is -2.41. The normalized spacial score (nSPS) is 22.2. The first-order chi connectivity index (χ1) is 13.3. The SMILES string of the molecule is COc1ccc(C2(c3ccc(OC)cc3)O[B]N[C@H]2C2CCCCC2)cc1. The van der Waals surface area contributed by atoms with Crippen molar-refractivity contribution in [3.05, 3.63) is 59.7 Å². The average Bonchev–Trinajstić information content (AvgIpc) is 3.20. The second-order valence-corrected chi connectivity index (χ2v) is 7.47. The number of hydrogen-bond acceptors (Lipinski definition) is 4. The van der Waals surface area contributed by atoms with Crippen molar-refractivity contribution in [2.45, 2.75) is 43.7 Å². The van der Waals surface area contributed by atoms with E-state index in [1.54, 1.807) is 21.8 Å². The Morgan fingerprint density at radius 2 is 1.37 bits per heavy atom. The van der Waals surface area contributed by atoms with E-state index in [1.807, 2.05) is 24.3 Å². The van der Waals surface area contributed by atoms with Gasteiger partial charge in [-0.05, 0) is 54.2 Å². The maximum Gasteiger partial charge on any atom is 0.397 e. The molecule has 1 aliphatic heterocycles. The minimum Gasteiger partial charge on any atom is -0.497 e. The molecule has 1 atom stereocenters. The predicted octanol–water partition coefficient (Wildman–Crippen LogP) is 4.05. The average molecular weight is 364 g/mol. The standard InChI is InChI=1S/C22H27BNO3/c1-25-19-12-8-17(9-13-19)22(18-10-14-20(26-2)15-11-18)21(24-23-27-22)16-6-4-3-5-7-16/h8-16,21,24H,3-7H2,1-2H3/t21-/m0/s1. The van der Waals surface area contributed by atoms with Crippen LogP contribution in [0.4, 0.5) is 0 Å². The number of benzene rings is 2. The number of rotatable bonds is 5. The summed E-state index contributed by atoms with van der Waals surface area (Å²) in [5.41, 5.74) is 1.75. The van der Waals surface area contributed by atoms with Crippen molar-refractivity contribution in [3.63, 3.8) is 0 Å². The van der Waals surface area contributed by atoms with Crippen LogP contribution in [0.3, 0.4) is 0 Å². The van der Waals surface area contributed by atoms with Gasteiger partial charge in [0.05, 0.1) is 14.2 Å². The first kappa shape index (κ1) is 18.4. The van der Waals surface area contributed by atoms with Gasteiger partial charge in [-0.1, -0.05) is 43.5 Å². The molecule has 1 heterocycles. The molecule has 1 aliphatic carbocycles. The molecule has 5 heteroatoms. The van der Waals surface area contributed by atoms with Crippen molar-refractivity contribution in [3.8, 4) is 11.5 Å². The second-order valence-electron chi connectivity index (χ2n) is 7.47. The summed E-state index contributed by atoms with van der Waals surface area (Å²) in [5.74, 6) is 2.29. The van der Waals surface area contributed by atoms with Crippen molar-refractivity contribution in [2.24, 2.45) is 5.92 Å². The van der Waals surface area contributed by atoms with E-state index in [0.717, 1.165) is 22.6 Å². The van der Waals surface area contributed by atoms with Crippen LogP contribution in [0.1, 0.15) is 43.2 Å². The number of hydrogen-bond donors (Lipinski definition) is 1. The monoisotopic (exact) mass is 364 g/mol. The molecule has 4 nitrogen and oxygen atoms in total. The van der Waals surface area contributed by atoms with Crippen molar-refractivity contribution in [1.29, 1.82) is 0 Å². The largest absolute Gasteiger partial charge is 0.497 e. The topological polar surface area (TPSA) is 39.7 Å². The van der Waals surface area contributed by atoms with Crippen LogP contribution in [0.25, 0.3) is 0 Å². The molecular weight excluding hydrogens is 337 g/mol. The Labute approximate surface area is 162 Å². The van der Waals surface area contributed by atoms with Crippen molar-refractivity contribution in [2.75, 3.05) is 14.2 Å². The molecule has 1 saturated carbocycles. The van der Waals surface area contributed by atoms with E-state index in [0.29, 0.717) is 5.92 Å². The third-order valence-corrected chi connectivity index (χ3v) is 6.09. The highest BCUT2D eigenvalue weighted by molar-refractivity contribution is 6.25. The van der Waals surface area contributed by atoms with Crippen molar-refractivity contribution >= 4 is 7.62 Å². The summed E-state index contributed by atoms with van der Waals surface area (Å²) < 4.78 is 17.1. The summed E-state index contributed by atoms with van der Waals surface area (Å²) in [6.07, 6.45) is 6.41. The van der Waals surface area contributed by atoms with Crippen molar-refractivity contribution in [1.82, 2.24) is 5.23 Å². The van der Waals surface area contributed by atoms with Gasteiger partial charge in [-0.15, -0.1) is 0 Å². The summed E-state index contributed by atoms with van der Waals surface area (Å²) in [6, 6.07) is 16.8. The summed E-state index contributed by atoms with van der Waals surface area (Å²) in [7, 11) is 5.18. The van der Waals surface area contributed by atoms with Crippen LogP contribution in [0.2, 0.25) is 0 Å². The molecule has 0 bridgehead atoms. The zero-order chi connectivity index (χ0) is 18.7. The predicted molar refractivity (Wildman–Crippen MR) is 107 cm³/mol. The van der Waals surface area contributed by atoms with Gasteiger partial charge in [0.2, 0.25) is 0 Å². The molecule has 0 aromatic heterocycles. The molecule has 2 aromatic rings. The van der Waals surface area contributed by atoms with Crippen LogP contribution in [-0.2, 0) is 10.3 Å². The Bertz CT molecular complexity index is 694. The molecule has 1 saturated heterocycles. The van der Waals surface area contributed by atoms with Gasteiger partial charge in [0.25, 0.3) is 0 Å². The van der Waals surface area contributed by atoms with E-state index in [2.05, 4.69) is 29.5 Å². The number of ether oxygens (including phenoxy) is 2. The van der Waals surface area contributed by atoms with Gasteiger partial charge in [-0.3, -0.25) is 0 Å². The first-order valence-corrected chi connectivity index (χ1v) is 9.82. The van der Waals surface area contributed by atoms with Gasteiger partial charge < -0.3 is 19.4 Å². The molecule has 1 N–H and O–H groups in total. The zero-order valence-electron chi connectivity index (χ0n) is 16.1. The Balaban J connectivity index is 1.79. The highest BCUT2D eigenvalue weighted by Crippen LogP contribution is 2.45. The molecule has 2 fully saturated rings. The fourth-order valence-corrected chi connectivity index (χ4v) is 4.67. The lowest BCUT2D eigenvalue weighted by Crippen LogP contribution is -2.47. The van der Waals surface area contributed by atoms with E-state index in [-0.39, 0.29) is 6.04 Å². The van der Waals surface area contributed by atoms with Crippen LogP contribution in [0.15, 0.2) is 48.5 Å². The third kappa shape index (κ3) is 3.35. The third-order valence-electron chi connectivity index (χ3n) is 6.09. The van der Waals surface area contributed by atoms with Crippen molar-refractivity contribution < 1.29 is 14.1 Å². The molecule has 0 spiro atoms. The van der Waals surface area contributed by atoms with Gasteiger partial charge in [-0.2, -0.15) is 0 Å². The molecule has 27 heavy (non-hydrogen) atoms. The maximum absolute atomic E-state index is 6.41. The van der Waals surface area contributed by atoms with Gasteiger partial charge in [0.15, 0.2) is 0 Å². The molecule has 4 rings (SSSR count). The maximum atomic E-state index is 6.41. The van der Waals surface area contributed by atoms with E-state index >= 15 is 0 Å². The molecule has 2 aromatic carbocycles. The van der Waals surface area contributed by atoms with Gasteiger partial charge >= 0.3 is 7.62 Å². The molecular formula is C22H27BNO3. The van der Waals surface area contributed by atoms with Crippen LogP contribution in [0.5, 0.6) is 11.5 Å². The molecule has 2 aliphatic rings. The Hall–Kier alpha value is -1.98. The highest BCUT2D eigenvalue weighted by Gasteiger charge is 2.50. The van der Waals surface area contributed by atoms with Crippen LogP contribution >= 0.6 is 0 Å². The zero-order valence-corrected chi connectivity index (χ0v) is 16.1. The highest BCUT2D eigenvalue weighted by atomic mass is 16.5. The van der Waals surface area contributed by atoms with Gasteiger partial charge in [0, 0.05) is 6.04 Å². The Kier molecular flexibility index (Phi) is 5.42. The van der Waals surface area contributed by atoms with E-state index in [1.165, 1.54) is 32.1 Å². The first-order valence-electron chi connectivity index (χ1n) is 9.82. The minimum absolute atomic E-state index is 0.208. The minimum atomic E-state index is -0.541. The van der Waals surface area contributed by atoms with E-state index in [9.17, 15) is 0 Å². The number of methoxy groups -OCH3 is 2. The summed E-state index contributed by atoms with van der Waals surface area (Å²) in [6.45, 7) is 0. The second kappa shape index (κ2) is 7.95. The Morgan fingerprint density at radius 3 is 1.85 bits per heavy atom.